The maximum absolute atomic E-state index is 12.8. The second-order valence-electron chi connectivity index (χ2n) is 6.31. The molecule has 24 heavy (non-hydrogen) atoms. The van der Waals surface area contributed by atoms with E-state index in [1.807, 2.05) is 22.7 Å². The van der Waals surface area contributed by atoms with Gasteiger partial charge in [0.05, 0.1) is 17.6 Å². The van der Waals surface area contributed by atoms with E-state index in [4.69, 9.17) is 0 Å². The van der Waals surface area contributed by atoms with Crippen LogP contribution in [-0.4, -0.2) is 63.4 Å². The smallest absolute Gasteiger partial charge is 0.227 e. The largest absolute Gasteiger partial charge is 0.355 e. The molecule has 1 atom stereocenters. The van der Waals surface area contributed by atoms with E-state index in [-0.39, 0.29) is 5.92 Å². The lowest BCUT2D eigenvalue weighted by molar-refractivity contribution is -0.135. The number of fused-ring (bicyclic) bond motifs is 1. The zero-order chi connectivity index (χ0) is 16.4. The van der Waals surface area contributed by atoms with Gasteiger partial charge in [0.1, 0.15) is 12.1 Å². The number of carbonyl (C=O) groups is 1. The molecule has 2 fully saturated rings. The lowest BCUT2D eigenvalue weighted by Gasteiger charge is -2.36. The van der Waals surface area contributed by atoms with Crippen LogP contribution in [0.4, 0.5) is 5.82 Å². The molecule has 0 radical (unpaired) electrons. The molecule has 6 nitrogen and oxygen atoms in total. The molecule has 2 aromatic heterocycles. The molecular weight excluding hydrogens is 322 g/mol. The summed E-state index contributed by atoms with van der Waals surface area (Å²) in [6.45, 7) is 3.47. The molecule has 1 amide bonds. The summed E-state index contributed by atoms with van der Waals surface area (Å²) in [5.41, 5.74) is 0.851. The number of pyridine rings is 1. The Hall–Kier alpha value is -1.89. The van der Waals surface area contributed by atoms with Gasteiger partial charge < -0.3 is 9.80 Å². The number of carbonyl (C=O) groups excluding carboxylic acids is 1. The molecule has 0 aliphatic carbocycles. The van der Waals surface area contributed by atoms with E-state index >= 15 is 0 Å². The predicted octanol–water partition coefficient (Wildman–Crippen LogP) is 1.82. The number of hydrogen-bond acceptors (Lipinski definition) is 6. The maximum atomic E-state index is 12.8. The SMILES string of the molecule is O=C(C1CCCN(c2ncnc3cnccc23)C1)N1CCSCC1. The quantitative estimate of drug-likeness (QED) is 0.829. The number of aromatic nitrogens is 3. The molecule has 0 N–H and O–H groups in total. The van der Waals surface area contributed by atoms with Crippen molar-refractivity contribution in [1.82, 2.24) is 19.9 Å². The molecule has 4 rings (SSSR count). The lowest BCUT2D eigenvalue weighted by Crippen LogP contribution is -2.47. The second kappa shape index (κ2) is 6.93. The first-order valence-corrected chi connectivity index (χ1v) is 9.64. The minimum absolute atomic E-state index is 0.0775. The van der Waals surface area contributed by atoms with Crippen molar-refractivity contribution in [3.63, 3.8) is 0 Å². The van der Waals surface area contributed by atoms with Gasteiger partial charge in [-0.05, 0) is 18.9 Å². The molecule has 126 valence electrons. The molecule has 7 heteroatoms. The van der Waals surface area contributed by atoms with Crippen LogP contribution in [0.1, 0.15) is 12.8 Å². The van der Waals surface area contributed by atoms with Gasteiger partial charge in [-0.25, -0.2) is 9.97 Å². The van der Waals surface area contributed by atoms with Crippen molar-refractivity contribution in [2.45, 2.75) is 12.8 Å². The number of piperidine rings is 1. The number of thioether (sulfide) groups is 1. The maximum Gasteiger partial charge on any atom is 0.227 e. The van der Waals surface area contributed by atoms with E-state index in [9.17, 15) is 4.79 Å². The highest BCUT2D eigenvalue weighted by Crippen LogP contribution is 2.28. The van der Waals surface area contributed by atoms with E-state index in [0.717, 1.165) is 67.2 Å². The van der Waals surface area contributed by atoms with Gasteiger partial charge in [-0.3, -0.25) is 9.78 Å². The van der Waals surface area contributed by atoms with Crippen LogP contribution >= 0.6 is 11.8 Å². The first-order chi connectivity index (χ1) is 11.8. The van der Waals surface area contributed by atoms with Gasteiger partial charge in [0.2, 0.25) is 5.91 Å². The summed E-state index contributed by atoms with van der Waals surface area (Å²) in [6, 6.07) is 1.96. The zero-order valence-corrected chi connectivity index (χ0v) is 14.4. The summed E-state index contributed by atoms with van der Waals surface area (Å²) in [5, 5.41) is 1.01. The van der Waals surface area contributed by atoms with Gasteiger partial charge in [0.15, 0.2) is 0 Å². The zero-order valence-electron chi connectivity index (χ0n) is 13.6. The van der Waals surface area contributed by atoms with Crippen LogP contribution < -0.4 is 4.90 Å². The number of amides is 1. The first-order valence-electron chi connectivity index (χ1n) is 8.49. The molecule has 2 aromatic rings. The molecule has 0 saturated carbocycles. The van der Waals surface area contributed by atoms with Gasteiger partial charge in [-0.2, -0.15) is 11.8 Å². The van der Waals surface area contributed by atoms with Gasteiger partial charge in [0, 0.05) is 49.3 Å². The molecule has 2 saturated heterocycles. The van der Waals surface area contributed by atoms with Crippen LogP contribution in [0, 0.1) is 5.92 Å². The summed E-state index contributed by atoms with van der Waals surface area (Å²) in [4.78, 5) is 30.0. The number of hydrogen-bond donors (Lipinski definition) is 0. The lowest BCUT2D eigenvalue weighted by atomic mass is 9.96. The van der Waals surface area contributed by atoms with Crippen molar-refractivity contribution < 1.29 is 4.79 Å². The fraction of sp³-hybridized carbons (Fsp3) is 0.529. The van der Waals surface area contributed by atoms with Gasteiger partial charge in [-0.1, -0.05) is 0 Å². The third-order valence-corrected chi connectivity index (χ3v) is 5.75. The molecule has 0 bridgehead atoms. The molecule has 4 heterocycles. The Morgan fingerprint density at radius 3 is 2.96 bits per heavy atom. The van der Waals surface area contributed by atoms with E-state index < -0.39 is 0 Å². The van der Waals surface area contributed by atoms with Crippen molar-refractivity contribution >= 4 is 34.4 Å². The summed E-state index contributed by atoms with van der Waals surface area (Å²) in [6.07, 6.45) is 7.12. The van der Waals surface area contributed by atoms with Gasteiger partial charge >= 0.3 is 0 Å². The van der Waals surface area contributed by atoms with Crippen LogP contribution in [0.15, 0.2) is 24.8 Å². The van der Waals surface area contributed by atoms with Crippen LogP contribution in [-0.2, 0) is 4.79 Å². The van der Waals surface area contributed by atoms with E-state index in [0.29, 0.717) is 5.91 Å². The fourth-order valence-electron chi connectivity index (χ4n) is 3.56. The summed E-state index contributed by atoms with van der Waals surface area (Å²) < 4.78 is 0. The van der Waals surface area contributed by atoms with Crippen molar-refractivity contribution in [3.05, 3.63) is 24.8 Å². The predicted molar refractivity (Wildman–Crippen MR) is 96.2 cm³/mol. The van der Waals surface area contributed by atoms with Crippen LogP contribution in [0.2, 0.25) is 0 Å². The number of rotatable bonds is 2. The highest BCUT2D eigenvalue weighted by molar-refractivity contribution is 7.99. The molecule has 2 aliphatic heterocycles. The first kappa shape index (κ1) is 15.6. The monoisotopic (exact) mass is 343 g/mol. The van der Waals surface area contributed by atoms with E-state index in [1.165, 1.54) is 0 Å². The number of anilines is 1. The molecule has 1 unspecified atom stereocenters. The van der Waals surface area contributed by atoms with Crippen molar-refractivity contribution in [2.75, 3.05) is 42.6 Å². The minimum Gasteiger partial charge on any atom is -0.355 e. The van der Waals surface area contributed by atoms with Crippen LogP contribution in [0.3, 0.4) is 0 Å². The fourth-order valence-corrected chi connectivity index (χ4v) is 4.46. The third-order valence-electron chi connectivity index (χ3n) is 4.81. The Balaban J connectivity index is 1.55. The highest BCUT2D eigenvalue weighted by Gasteiger charge is 2.31. The average Bonchev–Trinajstić information content (AvgIpc) is 2.68. The number of nitrogens with zero attached hydrogens (tertiary/aromatic N) is 5. The Bertz CT molecular complexity index is 728. The van der Waals surface area contributed by atoms with Crippen molar-refractivity contribution in [3.8, 4) is 0 Å². The van der Waals surface area contributed by atoms with E-state index in [2.05, 4.69) is 19.9 Å². The minimum atomic E-state index is 0.0775. The Labute approximate surface area is 145 Å². The summed E-state index contributed by atoms with van der Waals surface area (Å²) >= 11 is 1.93. The average molecular weight is 343 g/mol. The Morgan fingerprint density at radius 2 is 2.08 bits per heavy atom. The summed E-state index contributed by atoms with van der Waals surface area (Å²) in [5.74, 6) is 3.44. The Morgan fingerprint density at radius 1 is 1.21 bits per heavy atom. The van der Waals surface area contributed by atoms with E-state index in [1.54, 1.807) is 18.7 Å². The molecule has 0 aromatic carbocycles. The van der Waals surface area contributed by atoms with Crippen molar-refractivity contribution in [1.29, 1.82) is 0 Å². The normalized spacial score (nSPS) is 21.9. The Kier molecular flexibility index (Phi) is 4.51. The standard InChI is InChI=1S/C17H21N5OS/c23-17(21-6-8-24-9-7-21)13-2-1-5-22(11-13)16-14-3-4-18-10-15(14)19-12-20-16/h3-4,10,12-13H,1-2,5-9,11H2. The van der Waals surface area contributed by atoms with Gasteiger partial charge in [0.25, 0.3) is 0 Å². The molecular formula is C17H21N5OS. The van der Waals surface area contributed by atoms with Crippen LogP contribution in [0.25, 0.3) is 10.9 Å². The van der Waals surface area contributed by atoms with Gasteiger partial charge in [-0.15, -0.1) is 0 Å². The molecule has 0 spiro atoms. The highest BCUT2D eigenvalue weighted by atomic mass is 32.2. The third kappa shape index (κ3) is 3.05. The summed E-state index contributed by atoms with van der Waals surface area (Å²) in [7, 11) is 0. The topological polar surface area (TPSA) is 62.2 Å². The van der Waals surface area contributed by atoms with Crippen LogP contribution in [0.5, 0.6) is 0 Å². The second-order valence-corrected chi connectivity index (χ2v) is 7.54. The molecule has 2 aliphatic rings. The van der Waals surface area contributed by atoms with Crippen molar-refractivity contribution in [2.24, 2.45) is 5.92 Å².